The Morgan fingerprint density at radius 1 is 1.00 bits per heavy atom. The molecule has 0 aliphatic heterocycles. The van der Waals surface area contributed by atoms with Crippen molar-refractivity contribution in [3.63, 3.8) is 0 Å². The number of hydrogen-bond acceptors (Lipinski definition) is 3. The molecule has 0 aliphatic carbocycles. The van der Waals surface area contributed by atoms with Gasteiger partial charge in [-0.2, -0.15) is 0 Å². The molecule has 0 fully saturated rings. The minimum Gasteiger partial charge on any atom is -0.396 e. The van der Waals surface area contributed by atoms with Gasteiger partial charge < -0.3 is 15.5 Å². The Balaban J connectivity index is 3.53. The Hall–Kier alpha value is -0.120. The summed E-state index contributed by atoms with van der Waals surface area (Å²) in [5.41, 5.74) is 0. The second kappa shape index (κ2) is 12.3. The van der Waals surface area contributed by atoms with Gasteiger partial charge in [-0.05, 0) is 45.7 Å². The van der Waals surface area contributed by atoms with E-state index in [2.05, 4.69) is 5.32 Å². The van der Waals surface area contributed by atoms with Crippen LogP contribution >= 0.6 is 0 Å². The largest absolute Gasteiger partial charge is 0.396 e. The van der Waals surface area contributed by atoms with Gasteiger partial charge in [-0.3, -0.25) is 0 Å². The van der Waals surface area contributed by atoms with Crippen LogP contribution in [0.2, 0.25) is 0 Å². The zero-order valence-electron chi connectivity index (χ0n) is 11.6. The predicted molar refractivity (Wildman–Crippen MR) is 73.1 cm³/mol. The summed E-state index contributed by atoms with van der Waals surface area (Å²) in [5.74, 6) is 0.653. The van der Waals surface area contributed by atoms with E-state index in [4.69, 9.17) is 5.11 Å². The van der Waals surface area contributed by atoms with Crippen molar-refractivity contribution < 1.29 is 10.2 Å². The van der Waals surface area contributed by atoms with Gasteiger partial charge in [0.25, 0.3) is 0 Å². The molecule has 0 heterocycles. The summed E-state index contributed by atoms with van der Waals surface area (Å²) >= 11 is 0. The third kappa shape index (κ3) is 12.1. The van der Waals surface area contributed by atoms with Crippen molar-refractivity contribution >= 4 is 0 Å². The first-order valence-electron chi connectivity index (χ1n) is 7.14. The number of nitrogens with one attached hydrogen (secondary N) is 1. The highest BCUT2D eigenvalue weighted by atomic mass is 16.3. The molecule has 0 spiro atoms. The van der Waals surface area contributed by atoms with Crippen LogP contribution in [-0.2, 0) is 0 Å². The monoisotopic (exact) mass is 245 g/mol. The minimum atomic E-state index is -0.175. The Kier molecular flexibility index (Phi) is 12.3. The van der Waals surface area contributed by atoms with E-state index < -0.39 is 0 Å². The molecule has 0 aromatic carbocycles. The molecule has 0 aromatic rings. The van der Waals surface area contributed by atoms with Crippen LogP contribution in [0.3, 0.4) is 0 Å². The van der Waals surface area contributed by atoms with Crippen LogP contribution in [0.5, 0.6) is 0 Å². The topological polar surface area (TPSA) is 52.5 Å². The lowest BCUT2D eigenvalue weighted by atomic mass is 9.92. The fraction of sp³-hybridized carbons (Fsp3) is 1.00. The predicted octanol–water partition coefficient (Wildman–Crippen LogP) is 2.32. The number of aliphatic hydroxyl groups excluding tert-OH is 2. The van der Waals surface area contributed by atoms with E-state index in [9.17, 15) is 5.11 Å². The Bertz CT molecular complexity index is 151. The molecular weight excluding hydrogens is 214 g/mol. The summed E-state index contributed by atoms with van der Waals surface area (Å²) in [6, 6.07) is 0. The number of unbranched alkanes of at least 4 members (excludes halogenated alkanes) is 4. The minimum absolute atomic E-state index is 0.175. The maximum atomic E-state index is 9.45. The van der Waals surface area contributed by atoms with Crippen LogP contribution < -0.4 is 5.32 Å². The lowest BCUT2D eigenvalue weighted by Gasteiger charge is -2.18. The summed E-state index contributed by atoms with van der Waals surface area (Å²) in [6.45, 7) is 3.25. The molecule has 0 amide bonds. The first-order valence-corrected chi connectivity index (χ1v) is 7.14. The van der Waals surface area contributed by atoms with Crippen LogP contribution in [0.1, 0.15) is 58.3 Å². The van der Waals surface area contributed by atoms with Crippen molar-refractivity contribution in [2.75, 3.05) is 20.2 Å². The second-order valence-electron chi connectivity index (χ2n) is 5.12. The number of rotatable bonds is 12. The summed E-state index contributed by atoms with van der Waals surface area (Å²) in [5, 5.41) is 21.3. The number of aliphatic hydroxyl groups is 2. The standard InChI is InChI=1S/C14H31NO2/c1-13(17)12-14(9-10-15-2)8-6-4-3-5-7-11-16/h13-17H,3-12H2,1-2H3. The van der Waals surface area contributed by atoms with Gasteiger partial charge in [0.2, 0.25) is 0 Å². The average Bonchev–Trinajstić information content (AvgIpc) is 2.29. The molecule has 17 heavy (non-hydrogen) atoms. The lowest BCUT2D eigenvalue weighted by molar-refractivity contribution is 0.153. The molecule has 2 unspecified atom stereocenters. The van der Waals surface area contributed by atoms with Crippen molar-refractivity contribution in [2.45, 2.75) is 64.4 Å². The molecule has 0 rings (SSSR count). The zero-order chi connectivity index (χ0) is 12.9. The molecular formula is C14H31NO2. The molecule has 3 heteroatoms. The summed E-state index contributed by atoms with van der Waals surface area (Å²) in [4.78, 5) is 0. The van der Waals surface area contributed by atoms with E-state index >= 15 is 0 Å². The van der Waals surface area contributed by atoms with Gasteiger partial charge >= 0.3 is 0 Å². The fourth-order valence-electron chi connectivity index (χ4n) is 2.29. The third-order valence-electron chi connectivity index (χ3n) is 3.25. The first-order chi connectivity index (χ1) is 8.20. The van der Waals surface area contributed by atoms with E-state index in [1.54, 1.807) is 0 Å². The molecule has 0 aliphatic rings. The normalized spacial score (nSPS) is 14.8. The van der Waals surface area contributed by atoms with Crippen LogP contribution in [0.15, 0.2) is 0 Å². The van der Waals surface area contributed by atoms with E-state index in [1.165, 1.54) is 25.7 Å². The maximum Gasteiger partial charge on any atom is 0.0514 e. The smallest absolute Gasteiger partial charge is 0.0514 e. The van der Waals surface area contributed by atoms with Crippen molar-refractivity contribution in [2.24, 2.45) is 5.92 Å². The van der Waals surface area contributed by atoms with Crippen LogP contribution in [-0.4, -0.2) is 36.5 Å². The SMILES string of the molecule is CNCCC(CCCCCCCO)CC(C)O. The molecule has 0 aromatic heterocycles. The molecule has 0 radical (unpaired) electrons. The van der Waals surface area contributed by atoms with Gasteiger partial charge in [-0.15, -0.1) is 0 Å². The third-order valence-corrected chi connectivity index (χ3v) is 3.25. The highest BCUT2D eigenvalue weighted by Gasteiger charge is 2.10. The maximum absolute atomic E-state index is 9.45. The van der Waals surface area contributed by atoms with Crippen molar-refractivity contribution in [3.8, 4) is 0 Å². The molecule has 3 N–H and O–H groups in total. The van der Waals surface area contributed by atoms with E-state index in [0.717, 1.165) is 32.2 Å². The van der Waals surface area contributed by atoms with E-state index in [-0.39, 0.29) is 6.10 Å². The van der Waals surface area contributed by atoms with Crippen LogP contribution in [0.4, 0.5) is 0 Å². The zero-order valence-corrected chi connectivity index (χ0v) is 11.6. The van der Waals surface area contributed by atoms with Gasteiger partial charge in [-0.25, -0.2) is 0 Å². The highest BCUT2D eigenvalue weighted by molar-refractivity contribution is 4.64. The summed E-state index contributed by atoms with van der Waals surface area (Å²) < 4.78 is 0. The molecule has 0 saturated carbocycles. The van der Waals surface area contributed by atoms with E-state index in [1.807, 2.05) is 14.0 Å². The summed E-state index contributed by atoms with van der Waals surface area (Å²) in [7, 11) is 1.98. The van der Waals surface area contributed by atoms with Crippen molar-refractivity contribution in [3.05, 3.63) is 0 Å². The molecule has 0 bridgehead atoms. The van der Waals surface area contributed by atoms with Gasteiger partial charge in [0.1, 0.15) is 0 Å². The highest BCUT2D eigenvalue weighted by Crippen LogP contribution is 2.19. The molecule has 104 valence electrons. The van der Waals surface area contributed by atoms with Gasteiger partial charge in [0.15, 0.2) is 0 Å². The van der Waals surface area contributed by atoms with Gasteiger partial charge in [0.05, 0.1) is 6.10 Å². The Morgan fingerprint density at radius 2 is 1.65 bits per heavy atom. The number of hydrogen-bond donors (Lipinski definition) is 3. The van der Waals surface area contributed by atoms with Crippen LogP contribution in [0.25, 0.3) is 0 Å². The van der Waals surface area contributed by atoms with Crippen molar-refractivity contribution in [1.29, 1.82) is 0 Å². The van der Waals surface area contributed by atoms with Gasteiger partial charge in [-0.1, -0.05) is 32.1 Å². The quantitative estimate of drug-likeness (QED) is 0.463. The second-order valence-corrected chi connectivity index (χ2v) is 5.12. The van der Waals surface area contributed by atoms with Gasteiger partial charge in [0, 0.05) is 6.61 Å². The average molecular weight is 245 g/mol. The first kappa shape index (κ1) is 16.9. The molecule has 0 saturated heterocycles. The summed E-state index contributed by atoms with van der Waals surface area (Å²) in [6.07, 6.45) is 8.98. The van der Waals surface area contributed by atoms with Crippen molar-refractivity contribution in [1.82, 2.24) is 5.32 Å². The van der Waals surface area contributed by atoms with E-state index in [0.29, 0.717) is 12.5 Å². The van der Waals surface area contributed by atoms with Crippen LogP contribution in [0, 0.1) is 5.92 Å². The lowest BCUT2D eigenvalue weighted by Crippen LogP contribution is -2.17. The Labute approximate surface area is 107 Å². The molecule has 3 nitrogen and oxygen atoms in total. The fourth-order valence-corrected chi connectivity index (χ4v) is 2.29. The Morgan fingerprint density at radius 3 is 2.24 bits per heavy atom. The molecule has 2 atom stereocenters.